The number of nitrogens with zero attached hydrogens (tertiary/aromatic N) is 3. The molecule has 22 heavy (non-hydrogen) atoms. The first-order valence-corrected chi connectivity index (χ1v) is 7.32. The number of amides is 1. The van der Waals surface area contributed by atoms with Crippen LogP contribution in [0.15, 0.2) is 30.5 Å². The van der Waals surface area contributed by atoms with Crippen LogP contribution in [-0.4, -0.2) is 35.0 Å². The molecule has 0 bridgehead atoms. The second-order valence-corrected chi connectivity index (χ2v) is 6.18. The molecule has 2 rings (SSSR count). The predicted molar refractivity (Wildman–Crippen MR) is 83.2 cm³/mol. The molecule has 0 radical (unpaired) electrons. The normalized spacial score (nSPS) is 17.9. The van der Waals surface area contributed by atoms with Crippen molar-refractivity contribution >= 4 is 5.91 Å². The highest BCUT2D eigenvalue weighted by atomic mass is 16.5. The molecule has 0 spiro atoms. The minimum absolute atomic E-state index is 0.0645. The van der Waals surface area contributed by atoms with Crippen LogP contribution in [0.2, 0.25) is 0 Å². The van der Waals surface area contributed by atoms with E-state index in [4.69, 9.17) is 10.00 Å². The van der Waals surface area contributed by atoms with E-state index in [1.54, 1.807) is 12.1 Å². The topological polar surface area (TPSA) is 66.2 Å². The summed E-state index contributed by atoms with van der Waals surface area (Å²) in [6, 6.07) is 5.37. The molecule has 0 saturated carbocycles. The van der Waals surface area contributed by atoms with Crippen molar-refractivity contribution in [3.8, 4) is 11.9 Å². The van der Waals surface area contributed by atoms with E-state index in [2.05, 4.69) is 11.6 Å². The number of nitriles is 1. The monoisotopic (exact) mass is 299 g/mol. The fourth-order valence-corrected chi connectivity index (χ4v) is 2.27. The predicted octanol–water partition coefficient (Wildman–Crippen LogP) is 2.54. The molecule has 5 nitrogen and oxygen atoms in total. The maximum absolute atomic E-state index is 12.5. The van der Waals surface area contributed by atoms with Gasteiger partial charge in [0.15, 0.2) is 0 Å². The van der Waals surface area contributed by atoms with E-state index in [-0.39, 0.29) is 12.0 Å². The summed E-state index contributed by atoms with van der Waals surface area (Å²) in [6.45, 7) is 10.8. The maximum atomic E-state index is 12.5. The molecule has 1 fully saturated rings. The fourth-order valence-electron chi connectivity index (χ4n) is 2.27. The van der Waals surface area contributed by atoms with Gasteiger partial charge in [-0.3, -0.25) is 4.79 Å². The van der Waals surface area contributed by atoms with Crippen molar-refractivity contribution in [1.29, 1.82) is 5.26 Å². The van der Waals surface area contributed by atoms with Crippen LogP contribution in [0, 0.1) is 16.7 Å². The van der Waals surface area contributed by atoms with Crippen LogP contribution in [0.5, 0.6) is 5.88 Å². The Hall–Kier alpha value is -2.35. The Morgan fingerprint density at radius 2 is 2.27 bits per heavy atom. The Morgan fingerprint density at radius 1 is 1.55 bits per heavy atom. The molecule has 1 aromatic rings. The number of carbonyl (C=O) groups excluding carboxylic acids is 1. The highest BCUT2D eigenvalue weighted by Crippen LogP contribution is 2.29. The molecule has 5 heteroatoms. The lowest BCUT2D eigenvalue weighted by Gasteiger charge is -2.29. The lowest BCUT2D eigenvalue weighted by atomic mass is 9.84. The van der Waals surface area contributed by atoms with Crippen molar-refractivity contribution in [2.45, 2.75) is 33.3 Å². The summed E-state index contributed by atoms with van der Waals surface area (Å²) in [4.78, 5) is 18.5. The third-order valence-electron chi connectivity index (χ3n) is 4.19. The summed E-state index contributed by atoms with van der Waals surface area (Å²) in [5, 5.41) is 8.75. The maximum Gasteiger partial charge on any atom is 0.232 e. The Kier molecular flexibility index (Phi) is 4.51. The molecular formula is C17H21N3O2. The summed E-state index contributed by atoms with van der Waals surface area (Å²) < 4.78 is 5.79. The van der Waals surface area contributed by atoms with Crippen molar-refractivity contribution in [3.05, 3.63) is 36.0 Å². The Balaban J connectivity index is 1.96. The molecule has 1 aromatic heterocycles. The minimum atomic E-state index is -0.554. The van der Waals surface area contributed by atoms with Crippen molar-refractivity contribution in [2.75, 3.05) is 13.1 Å². The molecule has 2 heterocycles. The molecular weight excluding hydrogens is 278 g/mol. The molecule has 0 N–H and O–H groups in total. The number of rotatable bonds is 4. The number of aromatic nitrogens is 1. The minimum Gasteiger partial charge on any atom is -0.472 e. The molecule has 0 aromatic carbocycles. The van der Waals surface area contributed by atoms with Crippen molar-refractivity contribution in [2.24, 2.45) is 5.41 Å². The molecule has 1 aliphatic heterocycles. The lowest BCUT2D eigenvalue weighted by molar-refractivity contribution is -0.137. The van der Waals surface area contributed by atoms with Gasteiger partial charge in [0, 0.05) is 25.2 Å². The summed E-state index contributed by atoms with van der Waals surface area (Å²) in [5.41, 5.74) is 0.802. The van der Waals surface area contributed by atoms with Crippen LogP contribution in [0.3, 0.4) is 0 Å². The van der Waals surface area contributed by atoms with Gasteiger partial charge in [0.2, 0.25) is 11.8 Å². The summed E-state index contributed by atoms with van der Waals surface area (Å²) in [5.74, 6) is 0.566. The zero-order valence-electron chi connectivity index (χ0n) is 13.3. The highest BCUT2D eigenvalue weighted by molar-refractivity contribution is 5.85. The van der Waals surface area contributed by atoms with Crippen LogP contribution >= 0.6 is 0 Å². The van der Waals surface area contributed by atoms with Gasteiger partial charge < -0.3 is 9.64 Å². The van der Waals surface area contributed by atoms with Crippen molar-refractivity contribution < 1.29 is 9.53 Å². The van der Waals surface area contributed by atoms with Gasteiger partial charge in [0.25, 0.3) is 0 Å². The quantitative estimate of drug-likeness (QED) is 0.801. The average Bonchev–Trinajstić information content (AvgIpc) is 2.95. The van der Waals surface area contributed by atoms with Gasteiger partial charge in [-0.15, -0.1) is 0 Å². The van der Waals surface area contributed by atoms with Gasteiger partial charge in [0.05, 0.1) is 17.5 Å². The van der Waals surface area contributed by atoms with Gasteiger partial charge in [-0.25, -0.2) is 4.98 Å². The number of likely N-dealkylation sites (tertiary alicyclic amines) is 1. The largest absolute Gasteiger partial charge is 0.472 e. The first-order chi connectivity index (χ1) is 10.3. The zero-order chi connectivity index (χ0) is 16.3. The zero-order valence-corrected chi connectivity index (χ0v) is 13.3. The van der Waals surface area contributed by atoms with Crippen LogP contribution < -0.4 is 4.74 Å². The molecule has 0 aliphatic carbocycles. The van der Waals surface area contributed by atoms with E-state index in [1.165, 1.54) is 6.20 Å². The van der Waals surface area contributed by atoms with Gasteiger partial charge in [-0.2, -0.15) is 5.26 Å². The van der Waals surface area contributed by atoms with Crippen LogP contribution in [0.1, 0.15) is 32.8 Å². The second-order valence-electron chi connectivity index (χ2n) is 6.18. The van der Waals surface area contributed by atoms with E-state index >= 15 is 0 Å². The van der Waals surface area contributed by atoms with Crippen LogP contribution in [0.4, 0.5) is 0 Å². The Bertz CT molecular complexity index is 614. The van der Waals surface area contributed by atoms with E-state index in [0.717, 1.165) is 12.0 Å². The average molecular weight is 299 g/mol. The lowest BCUT2D eigenvalue weighted by Crippen LogP contribution is -2.40. The molecule has 1 aliphatic rings. The van der Waals surface area contributed by atoms with E-state index < -0.39 is 5.41 Å². The fraction of sp³-hybridized carbons (Fsp3) is 0.471. The third-order valence-corrected chi connectivity index (χ3v) is 4.19. The van der Waals surface area contributed by atoms with E-state index in [1.807, 2.05) is 31.7 Å². The second kappa shape index (κ2) is 6.18. The first-order valence-electron chi connectivity index (χ1n) is 7.32. The van der Waals surface area contributed by atoms with Gasteiger partial charge >= 0.3 is 0 Å². The number of hydrogen-bond acceptors (Lipinski definition) is 4. The van der Waals surface area contributed by atoms with Crippen LogP contribution in [0.25, 0.3) is 0 Å². The summed E-state index contributed by atoms with van der Waals surface area (Å²) >= 11 is 0. The smallest absolute Gasteiger partial charge is 0.232 e. The molecule has 1 unspecified atom stereocenters. The summed E-state index contributed by atoms with van der Waals surface area (Å²) in [7, 11) is 0. The SMILES string of the molecule is C=C(C)C(C)(C)C(=O)N1CCC(Oc2ccc(C#N)cn2)C1. The molecule has 116 valence electrons. The van der Waals surface area contributed by atoms with Crippen molar-refractivity contribution in [1.82, 2.24) is 9.88 Å². The number of pyridine rings is 1. The van der Waals surface area contributed by atoms with E-state index in [9.17, 15) is 4.79 Å². The highest BCUT2D eigenvalue weighted by Gasteiger charge is 2.37. The van der Waals surface area contributed by atoms with Gasteiger partial charge in [-0.1, -0.05) is 12.2 Å². The molecule has 1 amide bonds. The third kappa shape index (κ3) is 3.28. The van der Waals surface area contributed by atoms with Crippen molar-refractivity contribution in [3.63, 3.8) is 0 Å². The van der Waals surface area contributed by atoms with E-state index in [0.29, 0.717) is 24.5 Å². The Morgan fingerprint density at radius 3 is 2.82 bits per heavy atom. The Labute approximate surface area is 131 Å². The van der Waals surface area contributed by atoms with Gasteiger partial charge in [-0.05, 0) is 26.8 Å². The number of ether oxygens (including phenoxy) is 1. The molecule has 1 atom stereocenters. The van der Waals surface area contributed by atoms with Gasteiger partial charge in [0.1, 0.15) is 12.2 Å². The van der Waals surface area contributed by atoms with Crippen LogP contribution in [-0.2, 0) is 4.79 Å². The summed E-state index contributed by atoms with van der Waals surface area (Å²) in [6.07, 6.45) is 2.20. The first kappa shape index (κ1) is 16.0. The standard InChI is InChI=1S/C17H21N3O2/c1-12(2)17(3,4)16(21)20-8-7-14(11-20)22-15-6-5-13(9-18)10-19-15/h5-6,10,14H,1,7-8,11H2,2-4H3. The number of hydrogen-bond donors (Lipinski definition) is 0. The number of carbonyl (C=O) groups is 1. The molecule has 1 saturated heterocycles.